The Hall–Kier alpha value is -1.90. The van der Waals surface area contributed by atoms with Crippen molar-refractivity contribution in [2.75, 3.05) is 13.7 Å². The summed E-state index contributed by atoms with van der Waals surface area (Å²) in [6.07, 6.45) is -4.40. The van der Waals surface area contributed by atoms with Gasteiger partial charge >= 0.3 is 19.4 Å². The van der Waals surface area contributed by atoms with Crippen molar-refractivity contribution in [2.45, 2.75) is 57.8 Å². The number of aliphatic hydroxyl groups is 2. The first-order valence-electron chi connectivity index (χ1n) is 9.53. The molecule has 0 aliphatic carbocycles. The second-order valence-electron chi connectivity index (χ2n) is 7.68. The quantitative estimate of drug-likeness (QED) is 0.183. The maximum atomic E-state index is 12.4. The Kier molecular flexibility index (Phi) is 9.93. The predicted octanol–water partition coefficient (Wildman–Crippen LogP) is -1.08. The third-order valence-corrected chi connectivity index (χ3v) is 5.82. The zero-order valence-electron chi connectivity index (χ0n) is 18.3. The van der Waals surface area contributed by atoms with E-state index in [9.17, 15) is 34.1 Å². The van der Waals surface area contributed by atoms with Crippen LogP contribution in [0.5, 0.6) is 0 Å². The van der Waals surface area contributed by atoms with Crippen molar-refractivity contribution in [1.82, 2.24) is 20.8 Å². The number of aromatic nitrogens is 2. The van der Waals surface area contributed by atoms with Gasteiger partial charge in [0.1, 0.15) is 24.4 Å². The van der Waals surface area contributed by atoms with Crippen LogP contribution < -0.4 is 22.5 Å². The molecule has 14 nitrogen and oxygen atoms in total. The maximum Gasteiger partial charge on any atom is 0.403 e. The molecule has 0 bridgehead atoms. The lowest BCUT2D eigenvalue weighted by molar-refractivity contribution is -0.143. The predicted molar refractivity (Wildman–Crippen MR) is 111 cm³/mol. The third kappa shape index (κ3) is 6.80. The fourth-order valence-corrected chi connectivity index (χ4v) is 4.12. The number of hydrogen-bond acceptors (Lipinski definition) is 10. The number of aryl methyl sites for hydroxylation is 1. The van der Waals surface area contributed by atoms with Crippen LogP contribution in [0.15, 0.2) is 15.8 Å². The number of nitrogens with zero attached hydrogens (tertiary/aromatic N) is 1. The van der Waals surface area contributed by atoms with Crippen LogP contribution in [0.25, 0.3) is 0 Å². The second-order valence-corrected chi connectivity index (χ2v) is 9.23. The zero-order chi connectivity index (χ0) is 23.5. The molecule has 0 radical (unpaired) electrons. The largest absolute Gasteiger partial charge is 0.468 e. The van der Waals surface area contributed by atoms with Crippen molar-refractivity contribution >= 4 is 13.7 Å². The third-order valence-electron chi connectivity index (χ3n) is 4.68. The van der Waals surface area contributed by atoms with Crippen LogP contribution in [0, 0.1) is 12.8 Å². The minimum Gasteiger partial charge on any atom is -0.468 e. The van der Waals surface area contributed by atoms with E-state index in [0.717, 1.165) is 17.9 Å². The average molecular weight is 482 g/mol. The first kappa shape index (κ1) is 28.1. The van der Waals surface area contributed by atoms with Gasteiger partial charge in [-0.2, -0.15) is 0 Å². The highest BCUT2D eigenvalue weighted by molar-refractivity contribution is 7.50. The van der Waals surface area contributed by atoms with E-state index < -0.39 is 62.2 Å². The first-order valence-corrected chi connectivity index (χ1v) is 11.1. The van der Waals surface area contributed by atoms with Gasteiger partial charge in [-0.3, -0.25) is 23.7 Å². The number of carbonyl (C=O) groups excluding carboxylic acids is 1. The topological polar surface area (TPSA) is 224 Å². The number of hydrogen-bond donors (Lipinski definition) is 6. The molecule has 2 rings (SSSR count). The molecule has 1 unspecified atom stereocenters. The number of esters is 1. The summed E-state index contributed by atoms with van der Waals surface area (Å²) in [5, 5.41) is 22.7. The fourth-order valence-electron chi connectivity index (χ4n) is 3.10. The molecule has 0 saturated carbocycles. The Morgan fingerprint density at radius 1 is 1.34 bits per heavy atom. The lowest BCUT2D eigenvalue weighted by atomic mass is 10.1. The SMILES string of the molecule is COC(=O)[C@H](CC(C)C)NP(=O)(O)OC[C@H]1O[C@@H](n2cc(C)c(=O)[nH]c2=O)[C@H](O)[C@@H]1O.N. The Morgan fingerprint density at radius 3 is 2.53 bits per heavy atom. The van der Waals surface area contributed by atoms with Gasteiger partial charge in [-0.15, -0.1) is 0 Å². The van der Waals surface area contributed by atoms with E-state index in [1.54, 1.807) is 0 Å². The summed E-state index contributed by atoms with van der Waals surface area (Å²) in [7, 11) is -3.38. The summed E-state index contributed by atoms with van der Waals surface area (Å²) < 4.78 is 28.3. The van der Waals surface area contributed by atoms with Crippen molar-refractivity contribution in [2.24, 2.45) is 5.92 Å². The highest BCUT2D eigenvalue weighted by Crippen LogP contribution is 2.40. The first-order chi connectivity index (χ1) is 14.4. The van der Waals surface area contributed by atoms with Gasteiger partial charge in [0.2, 0.25) is 0 Å². The van der Waals surface area contributed by atoms with E-state index in [4.69, 9.17) is 9.26 Å². The van der Waals surface area contributed by atoms with Gasteiger partial charge in [-0.05, 0) is 19.3 Å². The number of rotatable bonds is 9. The molecule has 0 amide bonds. The highest BCUT2D eigenvalue weighted by Gasteiger charge is 2.45. The van der Waals surface area contributed by atoms with E-state index in [1.165, 1.54) is 6.92 Å². The number of H-pyrrole nitrogens is 1. The number of nitrogens with one attached hydrogen (secondary N) is 2. The average Bonchev–Trinajstić information content (AvgIpc) is 2.96. The van der Waals surface area contributed by atoms with E-state index in [2.05, 4.69) is 14.8 Å². The molecular weight excluding hydrogens is 451 g/mol. The summed E-state index contributed by atoms with van der Waals surface area (Å²) in [5.41, 5.74) is -1.30. The fraction of sp³-hybridized carbons (Fsp3) is 0.706. The zero-order valence-corrected chi connectivity index (χ0v) is 19.2. The van der Waals surface area contributed by atoms with Crippen LogP contribution in [0.3, 0.4) is 0 Å². The van der Waals surface area contributed by atoms with Crippen LogP contribution in [-0.2, 0) is 23.4 Å². The lowest BCUT2D eigenvalue weighted by Crippen LogP contribution is -2.39. The molecule has 1 aliphatic rings. The number of ether oxygens (including phenoxy) is 2. The van der Waals surface area contributed by atoms with Gasteiger partial charge in [0.15, 0.2) is 6.23 Å². The van der Waals surface area contributed by atoms with Gasteiger partial charge in [0, 0.05) is 11.8 Å². The monoisotopic (exact) mass is 482 g/mol. The normalized spacial score (nSPS) is 25.8. The Bertz CT molecular complexity index is 948. The second kappa shape index (κ2) is 11.3. The molecule has 32 heavy (non-hydrogen) atoms. The summed E-state index contributed by atoms with van der Waals surface area (Å²) in [5.74, 6) is -0.737. The van der Waals surface area contributed by atoms with Gasteiger partial charge in [0.05, 0.1) is 13.7 Å². The molecule has 1 aliphatic heterocycles. The van der Waals surface area contributed by atoms with E-state index in [-0.39, 0.29) is 24.1 Å². The van der Waals surface area contributed by atoms with Gasteiger partial charge in [-0.1, -0.05) is 13.8 Å². The van der Waals surface area contributed by atoms with Crippen molar-refractivity contribution in [3.8, 4) is 0 Å². The molecule has 1 aromatic heterocycles. The molecule has 0 spiro atoms. The summed E-state index contributed by atoms with van der Waals surface area (Å²) in [4.78, 5) is 47.5. The van der Waals surface area contributed by atoms with E-state index in [1.807, 2.05) is 13.8 Å². The molecule has 0 aromatic carbocycles. The van der Waals surface area contributed by atoms with Crippen LogP contribution in [0.1, 0.15) is 32.1 Å². The van der Waals surface area contributed by atoms with E-state index in [0.29, 0.717) is 0 Å². The van der Waals surface area contributed by atoms with Crippen molar-refractivity contribution in [1.29, 1.82) is 0 Å². The van der Waals surface area contributed by atoms with E-state index >= 15 is 0 Å². The minimum atomic E-state index is -4.53. The molecule has 6 atom stereocenters. The number of carbonyl (C=O) groups is 1. The maximum absolute atomic E-state index is 12.4. The number of aromatic amines is 1. The van der Waals surface area contributed by atoms with Gasteiger partial charge < -0.3 is 30.7 Å². The number of methoxy groups -OCH3 is 1. The van der Waals surface area contributed by atoms with Crippen LogP contribution in [0.4, 0.5) is 0 Å². The van der Waals surface area contributed by atoms with Crippen molar-refractivity contribution in [3.05, 3.63) is 32.6 Å². The molecule has 1 fully saturated rings. The molecule has 8 N–H and O–H groups in total. The highest BCUT2D eigenvalue weighted by atomic mass is 31.2. The molecule has 15 heteroatoms. The molecule has 1 saturated heterocycles. The van der Waals surface area contributed by atoms with Crippen molar-refractivity contribution in [3.63, 3.8) is 0 Å². The molecule has 184 valence electrons. The molecule has 2 heterocycles. The van der Waals surface area contributed by atoms with Crippen molar-refractivity contribution < 1.29 is 38.5 Å². The summed E-state index contributed by atoms with van der Waals surface area (Å²) in [6.45, 7) is 4.43. The lowest BCUT2D eigenvalue weighted by Gasteiger charge is -2.23. The molecule has 1 aromatic rings. The summed E-state index contributed by atoms with van der Waals surface area (Å²) in [6, 6.07) is -1.10. The Morgan fingerprint density at radius 2 is 1.97 bits per heavy atom. The molecular formula is C17H31N4O10P. The summed E-state index contributed by atoms with van der Waals surface area (Å²) >= 11 is 0. The standard InChI is InChI=1S/C17H28N3O10P.H3N/c1-8(2)5-10(16(24)28-4)19-31(26,27)29-7-11-12(21)13(22)15(30-11)20-6-9(3)14(23)18-17(20)25;/h6,8,10-13,15,21-22H,5,7H2,1-4H3,(H,18,23,25)(H2,19,26,27);1H3/t10-,11+,12+,13+,15+;/m0./s1. The van der Waals surface area contributed by atoms with Crippen LogP contribution in [0.2, 0.25) is 0 Å². The van der Waals surface area contributed by atoms with Gasteiger partial charge in [-0.25, -0.2) is 14.4 Å². The van der Waals surface area contributed by atoms with Crippen LogP contribution >= 0.6 is 7.75 Å². The smallest absolute Gasteiger partial charge is 0.403 e. The van der Waals surface area contributed by atoms with Gasteiger partial charge in [0.25, 0.3) is 5.56 Å². The number of aliphatic hydroxyl groups excluding tert-OH is 2. The Labute approximate surface area is 183 Å². The minimum absolute atomic E-state index is 0. The van der Waals surface area contributed by atoms with Crippen LogP contribution in [-0.4, -0.2) is 68.7 Å². The Balaban J connectivity index is 0.00000512.